The summed E-state index contributed by atoms with van der Waals surface area (Å²) in [7, 11) is 0. The third kappa shape index (κ3) is 3.70. The van der Waals surface area contributed by atoms with Crippen LogP contribution < -0.4 is 5.32 Å². The van der Waals surface area contributed by atoms with Gasteiger partial charge in [0.25, 0.3) is 0 Å². The first kappa shape index (κ1) is 14.3. The van der Waals surface area contributed by atoms with E-state index in [9.17, 15) is 13.2 Å². The van der Waals surface area contributed by atoms with E-state index in [-0.39, 0.29) is 12.1 Å². The summed E-state index contributed by atoms with van der Waals surface area (Å²) in [6.45, 7) is 2.68. The molecule has 1 aromatic rings. The largest absolute Gasteiger partial charge is 0.407 e. The zero-order valence-corrected chi connectivity index (χ0v) is 10.8. The summed E-state index contributed by atoms with van der Waals surface area (Å²) in [6.07, 6.45) is -2.62. The van der Waals surface area contributed by atoms with E-state index in [0.29, 0.717) is 6.61 Å². The molecule has 2 rings (SSSR count). The van der Waals surface area contributed by atoms with Crippen LogP contribution in [0.1, 0.15) is 31.4 Å². The predicted octanol–water partition coefficient (Wildman–Crippen LogP) is 3.45. The van der Waals surface area contributed by atoms with Crippen LogP contribution in [0.4, 0.5) is 13.2 Å². The number of rotatable bonds is 4. The molecule has 2 nitrogen and oxygen atoms in total. The summed E-state index contributed by atoms with van der Waals surface area (Å²) >= 11 is 0. The van der Waals surface area contributed by atoms with Gasteiger partial charge in [-0.05, 0) is 25.3 Å². The Balaban J connectivity index is 2.07. The average molecular weight is 273 g/mol. The molecule has 106 valence electrons. The van der Waals surface area contributed by atoms with Crippen molar-refractivity contribution >= 4 is 0 Å². The fraction of sp³-hybridized carbons (Fsp3) is 0.571. The zero-order chi connectivity index (χ0) is 13.9. The molecule has 1 saturated heterocycles. The molecule has 1 aliphatic rings. The Morgan fingerprint density at radius 3 is 2.53 bits per heavy atom. The maximum absolute atomic E-state index is 13.1. The summed E-state index contributed by atoms with van der Waals surface area (Å²) in [5, 5.41) is 2.61. The zero-order valence-electron chi connectivity index (χ0n) is 10.8. The molecular weight excluding hydrogens is 255 g/mol. The highest BCUT2D eigenvalue weighted by Crippen LogP contribution is 2.34. The molecule has 2 unspecified atom stereocenters. The third-order valence-corrected chi connectivity index (χ3v) is 3.44. The first-order chi connectivity index (χ1) is 8.91. The Hall–Kier alpha value is -1.07. The first-order valence-electron chi connectivity index (χ1n) is 6.40. The number of benzene rings is 1. The van der Waals surface area contributed by atoms with Gasteiger partial charge in [0.05, 0.1) is 5.60 Å². The Labute approximate surface area is 111 Å². The number of halogens is 3. The summed E-state index contributed by atoms with van der Waals surface area (Å²) in [6, 6.07) is 6.27. The lowest BCUT2D eigenvalue weighted by molar-refractivity contribution is -0.160. The SMILES string of the molecule is CC1(CNC(c2ccccc2)C(F)(F)F)CCCO1. The Kier molecular flexibility index (Phi) is 4.16. The van der Waals surface area contributed by atoms with E-state index in [4.69, 9.17) is 4.74 Å². The molecule has 1 fully saturated rings. The van der Waals surface area contributed by atoms with Gasteiger partial charge in [0.15, 0.2) is 0 Å². The van der Waals surface area contributed by atoms with Crippen molar-refractivity contribution in [2.24, 2.45) is 0 Å². The second-order valence-corrected chi connectivity index (χ2v) is 5.17. The van der Waals surface area contributed by atoms with Gasteiger partial charge in [-0.3, -0.25) is 5.32 Å². The Morgan fingerprint density at radius 2 is 2.00 bits per heavy atom. The minimum absolute atomic E-state index is 0.200. The van der Waals surface area contributed by atoms with Gasteiger partial charge in [0.2, 0.25) is 0 Å². The molecule has 0 bridgehead atoms. The van der Waals surface area contributed by atoms with Crippen LogP contribution in [0.25, 0.3) is 0 Å². The molecule has 0 spiro atoms. The normalized spacial score (nSPS) is 25.5. The number of alkyl halides is 3. The molecule has 1 N–H and O–H groups in total. The van der Waals surface area contributed by atoms with Crippen molar-refractivity contribution in [3.63, 3.8) is 0 Å². The third-order valence-electron chi connectivity index (χ3n) is 3.44. The maximum atomic E-state index is 13.1. The monoisotopic (exact) mass is 273 g/mol. The van der Waals surface area contributed by atoms with E-state index in [1.807, 2.05) is 6.92 Å². The van der Waals surface area contributed by atoms with Crippen molar-refractivity contribution in [1.82, 2.24) is 5.32 Å². The van der Waals surface area contributed by atoms with Gasteiger partial charge in [0, 0.05) is 13.2 Å². The van der Waals surface area contributed by atoms with Crippen molar-refractivity contribution in [3.8, 4) is 0 Å². The summed E-state index contributed by atoms with van der Waals surface area (Å²) in [4.78, 5) is 0. The van der Waals surface area contributed by atoms with Gasteiger partial charge in [-0.25, -0.2) is 0 Å². The number of hydrogen-bond donors (Lipinski definition) is 1. The fourth-order valence-electron chi connectivity index (χ4n) is 2.36. The molecule has 1 aliphatic heterocycles. The smallest absolute Gasteiger partial charge is 0.374 e. The predicted molar refractivity (Wildman–Crippen MR) is 66.8 cm³/mol. The van der Waals surface area contributed by atoms with Gasteiger partial charge in [-0.2, -0.15) is 13.2 Å². The van der Waals surface area contributed by atoms with Gasteiger partial charge in [-0.15, -0.1) is 0 Å². The highest BCUT2D eigenvalue weighted by atomic mass is 19.4. The van der Waals surface area contributed by atoms with Crippen molar-refractivity contribution in [1.29, 1.82) is 0 Å². The van der Waals surface area contributed by atoms with Crippen molar-refractivity contribution in [3.05, 3.63) is 35.9 Å². The van der Waals surface area contributed by atoms with E-state index in [1.165, 1.54) is 12.1 Å². The van der Waals surface area contributed by atoms with Gasteiger partial charge in [-0.1, -0.05) is 30.3 Å². The van der Waals surface area contributed by atoms with Crippen LogP contribution in [0.15, 0.2) is 30.3 Å². The lowest BCUT2D eigenvalue weighted by Gasteiger charge is -2.28. The van der Waals surface area contributed by atoms with E-state index in [0.717, 1.165) is 12.8 Å². The molecule has 1 aromatic carbocycles. The van der Waals surface area contributed by atoms with Crippen molar-refractivity contribution in [2.75, 3.05) is 13.2 Å². The standard InChI is InChI=1S/C14H18F3NO/c1-13(8-5-9-19-13)10-18-12(14(15,16)17)11-6-3-2-4-7-11/h2-4,6-7,12,18H,5,8-10H2,1H3. The summed E-state index contributed by atoms with van der Waals surface area (Å²) in [5.74, 6) is 0. The minimum atomic E-state index is -4.31. The molecule has 1 heterocycles. The lowest BCUT2D eigenvalue weighted by atomic mass is 10.0. The van der Waals surface area contributed by atoms with Crippen LogP contribution in [0.2, 0.25) is 0 Å². The van der Waals surface area contributed by atoms with Crippen LogP contribution in [0.5, 0.6) is 0 Å². The quantitative estimate of drug-likeness (QED) is 0.907. The second kappa shape index (κ2) is 5.51. The highest BCUT2D eigenvalue weighted by Gasteiger charge is 2.42. The molecular formula is C14H18F3NO. The Bertz CT molecular complexity index is 399. The molecule has 0 radical (unpaired) electrons. The van der Waals surface area contributed by atoms with Crippen LogP contribution in [0.3, 0.4) is 0 Å². The highest BCUT2D eigenvalue weighted by molar-refractivity contribution is 5.20. The first-order valence-corrected chi connectivity index (χ1v) is 6.40. The summed E-state index contributed by atoms with van der Waals surface area (Å²) in [5.41, 5.74) is -0.255. The molecule has 0 aliphatic carbocycles. The average Bonchev–Trinajstić information content (AvgIpc) is 2.76. The molecule has 2 atom stereocenters. The summed E-state index contributed by atoms with van der Waals surface area (Å²) < 4.78 is 44.8. The minimum Gasteiger partial charge on any atom is -0.374 e. The Morgan fingerprint density at radius 1 is 1.32 bits per heavy atom. The topological polar surface area (TPSA) is 21.3 Å². The molecule has 0 saturated carbocycles. The van der Waals surface area contributed by atoms with Gasteiger partial charge < -0.3 is 4.74 Å². The van der Waals surface area contributed by atoms with E-state index < -0.39 is 17.8 Å². The van der Waals surface area contributed by atoms with Crippen molar-refractivity contribution in [2.45, 2.75) is 37.6 Å². The number of nitrogens with one attached hydrogen (secondary N) is 1. The fourth-order valence-corrected chi connectivity index (χ4v) is 2.36. The second-order valence-electron chi connectivity index (χ2n) is 5.17. The van der Waals surface area contributed by atoms with E-state index >= 15 is 0 Å². The van der Waals surface area contributed by atoms with Crippen LogP contribution in [0, 0.1) is 0 Å². The van der Waals surface area contributed by atoms with E-state index in [2.05, 4.69) is 5.32 Å². The molecule has 5 heteroatoms. The van der Waals surface area contributed by atoms with Gasteiger partial charge >= 0.3 is 6.18 Å². The van der Waals surface area contributed by atoms with E-state index in [1.54, 1.807) is 18.2 Å². The van der Waals surface area contributed by atoms with Crippen LogP contribution in [-0.4, -0.2) is 24.9 Å². The molecule has 0 aromatic heterocycles. The number of hydrogen-bond acceptors (Lipinski definition) is 2. The molecule has 0 amide bonds. The lowest BCUT2D eigenvalue weighted by Crippen LogP contribution is -2.43. The van der Waals surface area contributed by atoms with Gasteiger partial charge in [0.1, 0.15) is 6.04 Å². The maximum Gasteiger partial charge on any atom is 0.407 e. The van der Waals surface area contributed by atoms with Crippen LogP contribution >= 0.6 is 0 Å². The molecule has 19 heavy (non-hydrogen) atoms. The number of ether oxygens (including phenoxy) is 1. The van der Waals surface area contributed by atoms with Crippen molar-refractivity contribution < 1.29 is 17.9 Å². The van der Waals surface area contributed by atoms with Crippen LogP contribution in [-0.2, 0) is 4.74 Å².